The Morgan fingerprint density at radius 3 is 0.973 bits per heavy atom. The average Bonchev–Trinajstić information content (AvgIpc) is 0.741. The fraction of sp³-hybridized carbons (Fsp3) is 0.448. The molecular weight excluding hydrogens is 2060 g/mol. The second kappa shape index (κ2) is 61.1. The lowest BCUT2D eigenvalue weighted by Gasteiger charge is -2.34. The quantitative estimate of drug-likeness (QED) is 0.0370. The molecule has 2 heterocycles. The summed E-state index contributed by atoms with van der Waals surface area (Å²) in [6.45, 7) is 30.6. The third-order valence-electron chi connectivity index (χ3n) is 22.2. The Labute approximate surface area is 863 Å². The third-order valence-corrected chi connectivity index (χ3v) is 32.4. The fourth-order valence-corrected chi connectivity index (χ4v) is 25.2. The van der Waals surface area contributed by atoms with Gasteiger partial charge in [-0.1, -0.05) is 273 Å². The number of halogens is 6. The van der Waals surface area contributed by atoms with Crippen molar-refractivity contribution >= 4 is 135 Å². The van der Waals surface area contributed by atoms with Gasteiger partial charge in [0.05, 0.1) is 50.8 Å². The molecule has 0 saturated heterocycles. The van der Waals surface area contributed by atoms with Gasteiger partial charge in [-0.3, -0.25) is 19.2 Å². The van der Waals surface area contributed by atoms with Crippen molar-refractivity contribution in [2.75, 3.05) is 63.5 Å². The van der Waals surface area contributed by atoms with Crippen LogP contribution in [0.3, 0.4) is 0 Å². The van der Waals surface area contributed by atoms with Crippen LogP contribution < -0.4 is 20.1 Å². The molecule has 7 aromatic rings. The van der Waals surface area contributed by atoms with Gasteiger partial charge in [0.15, 0.2) is 68.9 Å². The number of aliphatic carboxylic acids is 4. The first-order valence-electron chi connectivity index (χ1n) is 47.5. The van der Waals surface area contributed by atoms with Crippen molar-refractivity contribution in [3.63, 3.8) is 0 Å². The number of carboxylic acid groups (broad SMARTS) is 4. The first-order valence-corrected chi connectivity index (χ1v) is 61.2. The SMILES string of the molecule is CC.CC.CC.CC.CC.CC.CC.CC(=O)NCC1=Cc2ccccc2C(S(C)(=O)=O)C1.CC(=O)NCC1=Cc2ccccc2C(S(C)(=O)=O)[C@@H]1C(F)(F)F.CS(=O)(=O)C1CC(C(=O)O)=Cc2ccccc21.CS(=O)(=O)C1CC(CO)=Cc2ccccc21.CS(=O)(=O)C1C[C@H](CC(=O)O)Oc2ccccc21.CS(=O)(=O)C1C[C@H](CCC(=O)O)Oc2ccccc21.CS(=O)(=O)C1c2ccccc2C=C(C(=O)O)[C@H]1C(F)(F)F. The molecule has 7 N–H and O–H groups in total. The Hall–Kier alpha value is -11.2. The summed E-state index contributed by atoms with van der Waals surface area (Å²) in [5, 5.41) is 42.9. The number of aliphatic hydroxyl groups is 1. The predicted molar refractivity (Wildman–Crippen MR) is 567 cm³/mol. The lowest BCUT2D eigenvalue weighted by Crippen LogP contribution is -2.40. The molecule has 7 unspecified atom stereocenters. The van der Waals surface area contributed by atoms with Crippen LogP contribution >= 0.6 is 0 Å². The number of aliphatic hydroxyl groups excluding tert-OH is 1. The monoisotopic (exact) mass is 2200 g/mol. The predicted octanol–water partition coefficient (Wildman–Crippen LogP) is 20.2. The van der Waals surface area contributed by atoms with Crippen LogP contribution in [0.15, 0.2) is 198 Å². The molecule has 2 aliphatic heterocycles. The van der Waals surface area contributed by atoms with Crippen LogP contribution in [-0.4, -0.2) is 208 Å². The molecule has 11 atom stereocenters. The van der Waals surface area contributed by atoms with Gasteiger partial charge >= 0.3 is 36.2 Å². The van der Waals surface area contributed by atoms with Crippen LogP contribution in [0.25, 0.3) is 30.4 Å². The first-order chi connectivity index (χ1) is 68.6. The second-order valence-electron chi connectivity index (χ2n) is 32.6. The number of carboxylic acids is 4. The molecule has 147 heavy (non-hydrogen) atoms. The molecule has 2 amide bonds. The van der Waals surface area contributed by atoms with Crippen molar-refractivity contribution in [3.8, 4) is 11.5 Å². The maximum Gasteiger partial charge on any atom is 0.397 e. The van der Waals surface area contributed by atoms with Crippen LogP contribution in [0.5, 0.6) is 11.5 Å². The van der Waals surface area contributed by atoms with Crippen LogP contribution in [0.1, 0.15) is 266 Å². The number of hydrogen-bond donors (Lipinski definition) is 7. The summed E-state index contributed by atoms with van der Waals surface area (Å²) in [5.41, 5.74) is 7.53. The minimum Gasteiger partial charge on any atom is -0.490 e. The minimum absolute atomic E-state index is 0.0245. The van der Waals surface area contributed by atoms with Crippen molar-refractivity contribution < 1.29 is 149 Å². The van der Waals surface area contributed by atoms with E-state index >= 15 is 0 Å². The van der Waals surface area contributed by atoms with Crippen molar-refractivity contribution in [1.29, 1.82) is 0 Å². The highest BCUT2D eigenvalue weighted by Crippen LogP contribution is 2.52. The zero-order chi connectivity index (χ0) is 113. The highest BCUT2D eigenvalue weighted by Gasteiger charge is 2.56. The number of hydrogen-bond acceptors (Lipinski definition) is 23. The highest BCUT2D eigenvalue weighted by molar-refractivity contribution is 7.92. The van der Waals surface area contributed by atoms with E-state index in [4.69, 9.17) is 35.0 Å². The second-order valence-corrected chi connectivity index (χ2v) is 48.1. The van der Waals surface area contributed by atoms with Gasteiger partial charge in [-0.05, 0) is 116 Å². The smallest absolute Gasteiger partial charge is 0.397 e. The number of fused-ring (bicyclic) bond motifs is 7. The van der Waals surface area contributed by atoms with Crippen molar-refractivity contribution in [2.45, 2.75) is 223 Å². The van der Waals surface area contributed by atoms with Crippen molar-refractivity contribution in [1.82, 2.24) is 10.6 Å². The molecule has 0 fully saturated rings. The molecule has 818 valence electrons. The highest BCUT2D eigenvalue weighted by atomic mass is 32.2. The number of carbonyl (C=O) groups is 6. The third kappa shape index (κ3) is 41.0. The van der Waals surface area contributed by atoms with Gasteiger partial charge in [-0.2, -0.15) is 26.3 Å². The maximum absolute atomic E-state index is 13.6. The van der Waals surface area contributed by atoms with Gasteiger partial charge < -0.3 is 45.6 Å². The van der Waals surface area contributed by atoms with Gasteiger partial charge in [0, 0.05) is 113 Å². The molecule has 14 rings (SSSR count). The number of sulfone groups is 7. The minimum atomic E-state index is -4.98. The molecule has 7 aromatic carbocycles. The molecule has 0 aromatic heterocycles. The number of carbonyl (C=O) groups excluding carboxylic acids is 2. The summed E-state index contributed by atoms with van der Waals surface area (Å²) in [4.78, 5) is 65.4. The normalized spacial score (nSPS) is 19.3. The topological polar surface area (TPSA) is 485 Å². The van der Waals surface area contributed by atoms with Crippen LogP contribution in [0.2, 0.25) is 0 Å². The molecule has 7 aliphatic rings. The van der Waals surface area contributed by atoms with E-state index in [9.17, 15) is 114 Å². The zero-order valence-corrected chi connectivity index (χ0v) is 92.7. The molecule has 42 heteroatoms. The number of nitrogens with one attached hydrogen (secondary N) is 2. The van der Waals surface area contributed by atoms with E-state index in [-0.39, 0.29) is 78.7 Å². The average molecular weight is 2200 g/mol. The van der Waals surface area contributed by atoms with E-state index in [0.717, 1.165) is 58.2 Å². The van der Waals surface area contributed by atoms with E-state index in [1.54, 1.807) is 91.0 Å². The Morgan fingerprint density at radius 2 is 0.639 bits per heavy atom. The molecule has 0 spiro atoms. The van der Waals surface area contributed by atoms with Gasteiger partial charge in [0.2, 0.25) is 11.8 Å². The standard InChI is InChI=1S/C15H16F3NO3S.C14H17NO3S.C13H11F3O4S.C13H16O5S.C12H14O5S.C12H12O4S.C12H14O3S.7C2H6/c1-9(20)19-8-11-7-10-5-3-4-6-12(10)14(23(2,21)22)13(11)15(16,17)18;1-10(16)15-9-11-7-12-5-3-4-6-13(12)14(8-11)19(2,17)18;1-21(19,20)11-8-5-3-2-4-7(8)6-9(12(17)18)10(11)13(14,15)16;1-19(16,17)12-8-9(6-7-13(14)15)18-11-5-3-2-4-10(11)12;1-18(15,16)11-6-8(7-12(13)14)17-10-5-3-2-4-9(10)11;1-17(15,16)11-7-9(12(13)14)6-8-4-2-3-5-10(8)11;1-16(14,15)12-7-9(8-13)6-10-4-2-3-5-11(10)12;7*1-2/h3-7,13-14H,8H2,1-2H3,(H,19,20);3-7,14H,8-9H2,1-2H3,(H,15,16);2-6,10-11H,1H3,(H,17,18);2-5,9,12H,6-8H2,1H3,(H,14,15);2-5,8,11H,6-7H2,1H3,(H,13,14);2-6,11H,7H2,1H3,(H,13,14);2-6,12-13H,7-8H2,1H3;7*1-2H3/t13-,14?;;10-,11?;9-,12?;8-,11?;;;;;;;;;/m1.101........./s1. The van der Waals surface area contributed by atoms with Crippen molar-refractivity contribution in [3.05, 3.63) is 264 Å². The van der Waals surface area contributed by atoms with Gasteiger partial charge in [-0.15, -0.1) is 0 Å². The van der Waals surface area contributed by atoms with Gasteiger partial charge in [0.1, 0.15) is 40.1 Å². The Bertz CT molecular complexity index is 6600. The van der Waals surface area contributed by atoms with Crippen LogP contribution in [0.4, 0.5) is 26.3 Å². The van der Waals surface area contributed by atoms with Gasteiger partial charge in [-0.25, -0.2) is 68.5 Å². The molecule has 0 saturated carbocycles. The lowest BCUT2D eigenvalue weighted by atomic mass is 9.82. The number of rotatable bonds is 19. The number of ether oxygens (including phenoxy) is 2. The van der Waals surface area contributed by atoms with E-state index in [2.05, 4.69) is 10.6 Å². The molecular formula is C105H142F6N2O27S7. The number of amides is 2. The summed E-state index contributed by atoms with van der Waals surface area (Å²) in [7, 11) is -24.3. The summed E-state index contributed by atoms with van der Waals surface area (Å²) in [6, 6.07) is 47.5. The van der Waals surface area contributed by atoms with Crippen molar-refractivity contribution in [2.24, 2.45) is 11.8 Å². The fourth-order valence-electron chi connectivity index (χ4n) is 16.2. The summed E-state index contributed by atoms with van der Waals surface area (Å²) in [5.74, 6) is -9.10. The van der Waals surface area contributed by atoms with E-state index in [0.29, 0.717) is 77.8 Å². The number of benzene rings is 7. The summed E-state index contributed by atoms with van der Waals surface area (Å²) in [6.07, 6.45) is 5.83. The molecule has 0 radical (unpaired) electrons. The molecule has 5 aliphatic carbocycles. The molecule has 29 nitrogen and oxygen atoms in total. The van der Waals surface area contributed by atoms with E-state index in [1.807, 2.05) is 158 Å². The summed E-state index contributed by atoms with van der Waals surface area (Å²) < 4.78 is 257. The van der Waals surface area contributed by atoms with E-state index < -0.39 is 171 Å². The zero-order valence-electron chi connectivity index (χ0n) is 87.0. The number of alkyl halides is 6. The maximum atomic E-state index is 13.6. The Kier molecular flexibility index (Phi) is 55.6. The largest absolute Gasteiger partial charge is 0.490 e. The first kappa shape index (κ1) is 134. The molecule has 0 bridgehead atoms. The van der Waals surface area contributed by atoms with Crippen LogP contribution in [0, 0.1) is 11.8 Å². The van der Waals surface area contributed by atoms with Gasteiger partial charge in [0.25, 0.3) is 0 Å². The Morgan fingerprint density at radius 1 is 0.340 bits per heavy atom. The Balaban J connectivity index is 0.000000841. The summed E-state index contributed by atoms with van der Waals surface area (Å²) >= 11 is 0. The van der Waals surface area contributed by atoms with E-state index in [1.165, 1.54) is 75.1 Å². The lowest BCUT2D eigenvalue weighted by molar-refractivity contribution is -0.170. The van der Waals surface area contributed by atoms with Crippen LogP contribution in [-0.2, 0) is 97.6 Å². The number of para-hydroxylation sites is 2.